The van der Waals surface area contributed by atoms with Crippen LogP contribution in [0.1, 0.15) is 24.1 Å². The Balaban J connectivity index is 1.71. The molecular formula is C16H20N2. The third kappa shape index (κ3) is 4.30. The van der Waals surface area contributed by atoms with Gasteiger partial charge >= 0.3 is 0 Å². The van der Waals surface area contributed by atoms with Gasteiger partial charge < -0.3 is 5.73 Å². The summed E-state index contributed by atoms with van der Waals surface area (Å²) in [5.41, 5.74) is 8.61. The molecule has 1 unspecified atom stereocenters. The molecule has 94 valence electrons. The van der Waals surface area contributed by atoms with Gasteiger partial charge in [-0.2, -0.15) is 0 Å². The van der Waals surface area contributed by atoms with Crippen LogP contribution in [0.4, 0.5) is 0 Å². The van der Waals surface area contributed by atoms with Crippen molar-refractivity contribution in [2.45, 2.75) is 31.7 Å². The number of nitrogens with two attached hydrogens (primary N) is 1. The van der Waals surface area contributed by atoms with E-state index >= 15 is 0 Å². The van der Waals surface area contributed by atoms with Crippen molar-refractivity contribution < 1.29 is 0 Å². The maximum Gasteiger partial charge on any atom is 0.0419 e. The van der Waals surface area contributed by atoms with Crippen molar-refractivity contribution in [2.75, 3.05) is 0 Å². The van der Waals surface area contributed by atoms with Gasteiger partial charge in [0.25, 0.3) is 0 Å². The number of rotatable bonds is 6. The zero-order valence-corrected chi connectivity index (χ0v) is 10.6. The highest BCUT2D eigenvalue weighted by Crippen LogP contribution is 2.08. The van der Waals surface area contributed by atoms with Crippen LogP contribution in [0.25, 0.3) is 0 Å². The Morgan fingerprint density at radius 1 is 1.00 bits per heavy atom. The van der Waals surface area contributed by atoms with Gasteiger partial charge in [-0.15, -0.1) is 0 Å². The SMILES string of the molecule is NC(CCCc1ccccc1)Cc1ccccn1. The minimum absolute atomic E-state index is 0.212. The Hall–Kier alpha value is -1.67. The van der Waals surface area contributed by atoms with Crippen LogP contribution in [0.15, 0.2) is 54.7 Å². The second-order valence-corrected chi connectivity index (χ2v) is 4.66. The van der Waals surface area contributed by atoms with E-state index in [1.165, 1.54) is 5.56 Å². The summed E-state index contributed by atoms with van der Waals surface area (Å²) >= 11 is 0. The van der Waals surface area contributed by atoms with Crippen LogP contribution < -0.4 is 5.73 Å². The van der Waals surface area contributed by atoms with Gasteiger partial charge in [-0.25, -0.2) is 0 Å². The summed E-state index contributed by atoms with van der Waals surface area (Å²) in [6, 6.07) is 16.8. The molecular weight excluding hydrogens is 220 g/mol. The van der Waals surface area contributed by atoms with Crippen LogP contribution in [0.2, 0.25) is 0 Å². The average Bonchev–Trinajstić information content (AvgIpc) is 2.41. The van der Waals surface area contributed by atoms with Gasteiger partial charge in [-0.05, 0) is 37.0 Å². The van der Waals surface area contributed by atoms with E-state index in [0.717, 1.165) is 31.4 Å². The molecule has 1 aromatic carbocycles. The lowest BCUT2D eigenvalue weighted by atomic mass is 10.0. The van der Waals surface area contributed by atoms with Gasteiger partial charge in [-0.1, -0.05) is 36.4 Å². The molecule has 0 radical (unpaired) electrons. The second-order valence-electron chi connectivity index (χ2n) is 4.66. The molecule has 0 fully saturated rings. The van der Waals surface area contributed by atoms with Crippen molar-refractivity contribution >= 4 is 0 Å². The predicted octanol–water partition coefficient (Wildman–Crippen LogP) is 2.97. The van der Waals surface area contributed by atoms with E-state index in [4.69, 9.17) is 5.73 Å². The van der Waals surface area contributed by atoms with E-state index in [0.29, 0.717) is 0 Å². The minimum Gasteiger partial charge on any atom is -0.327 e. The quantitative estimate of drug-likeness (QED) is 0.843. The Morgan fingerprint density at radius 3 is 2.50 bits per heavy atom. The third-order valence-corrected chi connectivity index (χ3v) is 3.08. The normalized spacial score (nSPS) is 12.3. The van der Waals surface area contributed by atoms with Gasteiger partial charge in [0.2, 0.25) is 0 Å². The Morgan fingerprint density at radius 2 is 1.78 bits per heavy atom. The van der Waals surface area contributed by atoms with Gasteiger partial charge in [0.1, 0.15) is 0 Å². The molecule has 1 aromatic heterocycles. The van der Waals surface area contributed by atoms with Crippen LogP contribution >= 0.6 is 0 Å². The van der Waals surface area contributed by atoms with E-state index < -0.39 is 0 Å². The smallest absolute Gasteiger partial charge is 0.0419 e. The number of benzene rings is 1. The third-order valence-electron chi connectivity index (χ3n) is 3.08. The largest absolute Gasteiger partial charge is 0.327 e. The molecule has 0 saturated heterocycles. The number of aryl methyl sites for hydroxylation is 1. The zero-order valence-electron chi connectivity index (χ0n) is 10.6. The highest BCUT2D eigenvalue weighted by atomic mass is 14.7. The maximum absolute atomic E-state index is 6.13. The van der Waals surface area contributed by atoms with E-state index in [2.05, 4.69) is 35.3 Å². The first-order valence-electron chi connectivity index (χ1n) is 6.54. The van der Waals surface area contributed by atoms with Crippen molar-refractivity contribution in [1.29, 1.82) is 0 Å². The minimum atomic E-state index is 0.212. The van der Waals surface area contributed by atoms with Gasteiger partial charge in [0.05, 0.1) is 0 Å². The van der Waals surface area contributed by atoms with Crippen LogP contribution in [0.5, 0.6) is 0 Å². The lowest BCUT2D eigenvalue weighted by Crippen LogP contribution is -2.23. The Kier molecular flexibility index (Phi) is 4.91. The molecule has 0 amide bonds. The lowest BCUT2D eigenvalue weighted by molar-refractivity contribution is 0.574. The molecule has 2 heteroatoms. The van der Waals surface area contributed by atoms with E-state index in [-0.39, 0.29) is 6.04 Å². The predicted molar refractivity (Wildman–Crippen MR) is 75.3 cm³/mol. The van der Waals surface area contributed by atoms with Crippen molar-refractivity contribution in [3.05, 3.63) is 66.0 Å². The molecule has 1 atom stereocenters. The van der Waals surface area contributed by atoms with Gasteiger partial charge in [0.15, 0.2) is 0 Å². The molecule has 0 spiro atoms. The molecule has 1 heterocycles. The highest BCUT2D eigenvalue weighted by Gasteiger charge is 2.04. The van der Waals surface area contributed by atoms with Crippen molar-refractivity contribution in [1.82, 2.24) is 4.98 Å². The molecule has 2 nitrogen and oxygen atoms in total. The molecule has 0 bridgehead atoms. The van der Waals surface area contributed by atoms with Crippen molar-refractivity contribution in [2.24, 2.45) is 5.73 Å². The number of nitrogens with zero attached hydrogens (tertiary/aromatic N) is 1. The molecule has 2 rings (SSSR count). The standard InChI is InChI=1S/C16H20N2/c17-15(13-16-11-4-5-12-18-16)10-6-9-14-7-2-1-3-8-14/h1-5,7-8,11-12,15H,6,9-10,13,17H2. The zero-order chi connectivity index (χ0) is 12.6. The first-order chi connectivity index (χ1) is 8.84. The van der Waals surface area contributed by atoms with E-state index in [9.17, 15) is 0 Å². The molecule has 0 aliphatic rings. The number of hydrogen-bond donors (Lipinski definition) is 1. The summed E-state index contributed by atoms with van der Waals surface area (Å²) in [7, 11) is 0. The molecule has 0 aliphatic carbocycles. The summed E-state index contributed by atoms with van der Waals surface area (Å²) in [5.74, 6) is 0. The fraction of sp³-hybridized carbons (Fsp3) is 0.312. The van der Waals surface area contributed by atoms with Crippen molar-refractivity contribution in [3.8, 4) is 0 Å². The van der Waals surface area contributed by atoms with Crippen LogP contribution in [0.3, 0.4) is 0 Å². The topological polar surface area (TPSA) is 38.9 Å². The van der Waals surface area contributed by atoms with E-state index in [1.54, 1.807) is 0 Å². The van der Waals surface area contributed by atoms with E-state index in [1.807, 2.05) is 24.4 Å². The summed E-state index contributed by atoms with van der Waals surface area (Å²) in [5, 5.41) is 0. The Bertz CT molecular complexity index is 439. The summed E-state index contributed by atoms with van der Waals surface area (Å²) in [6.45, 7) is 0. The number of hydrogen-bond acceptors (Lipinski definition) is 2. The number of pyridine rings is 1. The second kappa shape index (κ2) is 6.92. The molecule has 2 aromatic rings. The number of aromatic nitrogens is 1. The Labute approximate surface area is 109 Å². The highest BCUT2D eigenvalue weighted by molar-refractivity contribution is 5.14. The summed E-state index contributed by atoms with van der Waals surface area (Å²) in [6.07, 6.45) is 5.99. The first-order valence-corrected chi connectivity index (χ1v) is 6.54. The summed E-state index contributed by atoms with van der Waals surface area (Å²) < 4.78 is 0. The fourth-order valence-corrected chi connectivity index (χ4v) is 2.10. The van der Waals surface area contributed by atoms with Crippen molar-refractivity contribution in [3.63, 3.8) is 0 Å². The van der Waals surface area contributed by atoms with Gasteiger partial charge in [-0.3, -0.25) is 4.98 Å². The molecule has 0 aliphatic heterocycles. The van der Waals surface area contributed by atoms with Crippen LogP contribution in [0, 0.1) is 0 Å². The van der Waals surface area contributed by atoms with Gasteiger partial charge in [0, 0.05) is 24.4 Å². The first kappa shape index (κ1) is 12.8. The molecule has 18 heavy (non-hydrogen) atoms. The van der Waals surface area contributed by atoms with Crippen LogP contribution in [-0.4, -0.2) is 11.0 Å². The average molecular weight is 240 g/mol. The molecule has 0 saturated carbocycles. The monoisotopic (exact) mass is 240 g/mol. The molecule has 2 N–H and O–H groups in total. The van der Waals surface area contributed by atoms with Crippen LogP contribution in [-0.2, 0) is 12.8 Å². The summed E-state index contributed by atoms with van der Waals surface area (Å²) in [4.78, 5) is 4.30. The maximum atomic E-state index is 6.13. The lowest BCUT2D eigenvalue weighted by Gasteiger charge is -2.10. The fourth-order valence-electron chi connectivity index (χ4n) is 2.10.